The van der Waals surface area contributed by atoms with Crippen LogP contribution in [0.2, 0.25) is 19.6 Å². The molecule has 0 heterocycles. The Hall–Kier alpha value is -0.393. The second kappa shape index (κ2) is 7.81. The molecule has 0 spiro atoms. The van der Waals surface area contributed by atoms with Crippen LogP contribution in [0.4, 0.5) is 0 Å². The minimum atomic E-state index is -1.04. The van der Waals surface area contributed by atoms with Gasteiger partial charge >= 0.3 is 5.97 Å². The maximum absolute atomic E-state index is 10.4. The van der Waals surface area contributed by atoms with Gasteiger partial charge in [-0.1, -0.05) is 19.6 Å². The number of ether oxygens (including phenoxy) is 1. The number of nitrogens with two attached hydrogens (primary N) is 1. The first-order valence-corrected chi connectivity index (χ1v) is 9.10. The summed E-state index contributed by atoms with van der Waals surface area (Å²) in [5.74, 6) is -1.04. The predicted molar refractivity (Wildman–Crippen MR) is 70.7 cm³/mol. The summed E-state index contributed by atoms with van der Waals surface area (Å²) in [6.45, 7) is 14.2. The standard InChI is InChI=1S/C8H17NO3.C3H10Si/c1-5(6(9)7(10)11)12-8(2,3)4;1-4(2)3/h5-6H,9H2,1-4H3,(H,10,11);4H,1-3H3. The normalized spacial score (nSPS) is 15.1. The Labute approximate surface area is 101 Å². The molecule has 2 unspecified atom stereocenters. The molecule has 5 heteroatoms. The summed E-state index contributed by atoms with van der Waals surface area (Å²) in [4.78, 5) is 10.4. The van der Waals surface area contributed by atoms with Crippen LogP contribution >= 0.6 is 0 Å². The van der Waals surface area contributed by atoms with Crippen LogP contribution in [-0.2, 0) is 9.53 Å². The van der Waals surface area contributed by atoms with E-state index in [1.54, 1.807) is 6.92 Å². The van der Waals surface area contributed by atoms with Gasteiger partial charge in [-0.3, -0.25) is 4.79 Å². The molecular formula is C11H27NO3Si. The van der Waals surface area contributed by atoms with Gasteiger partial charge in [-0.05, 0) is 27.7 Å². The van der Waals surface area contributed by atoms with Crippen molar-refractivity contribution in [2.24, 2.45) is 5.73 Å². The first-order valence-electron chi connectivity index (χ1n) is 5.63. The maximum atomic E-state index is 10.4. The van der Waals surface area contributed by atoms with Crippen LogP contribution in [0.25, 0.3) is 0 Å². The second-order valence-corrected chi connectivity index (χ2v) is 9.00. The molecule has 0 rings (SSSR count). The zero-order valence-corrected chi connectivity index (χ0v) is 12.7. The van der Waals surface area contributed by atoms with Gasteiger partial charge in [-0.2, -0.15) is 0 Å². The molecule has 4 nitrogen and oxygen atoms in total. The van der Waals surface area contributed by atoms with Crippen molar-refractivity contribution in [1.29, 1.82) is 0 Å². The summed E-state index contributed by atoms with van der Waals surface area (Å²) in [5.41, 5.74) is 4.99. The van der Waals surface area contributed by atoms with Crippen molar-refractivity contribution in [3.05, 3.63) is 0 Å². The highest BCUT2D eigenvalue weighted by molar-refractivity contribution is 6.54. The summed E-state index contributed by atoms with van der Waals surface area (Å²) in [5, 5.41) is 8.54. The van der Waals surface area contributed by atoms with Crippen LogP contribution in [0.15, 0.2) is 0 Å². The van der Waals surface area contributed by atoms with Crippen LogP contribution in [-0.4, -0.2) is 37.6 Å². The van der Waals surface area contributed by atoms with E-state index >= 15 is 0 Å². The molecule has 0 amide bonds. The maximum Gasteiger partial charge on any atom is 0.323 e. The first kappa shape index (κ1) is 18.0. The Kier molecular flexibility index (Phi) is 8.78. The Morgan fingerprint density at radius 1 is 1.31 bits per heavy atom. The lowest BCUT2D eigenvalue weighted by Gasteiger charge is -2.26. The highest BCUT2D eigenvalue weighted by Gasteiger charge is 2.24. The van der Waals surface area contributed by atoms with E-state index < -0.39 is 18.1 Å². The average molecular weight is 249 g/mol. The highest BCUT2D eigenvalue weighted by atomic mass is 28.3. The third-order valence-corrected chi connectivity index (χ3v) is 1.33. The molecule has 0 saturated carbocycles. The van der Waals surface area contributed by atoms with Gasteiger partial charge in [0, 0.05) is 8.80 Å². The zero-order valence-electron chi connectivity index (χ0n) is 11.6. The van der Waals surface area contributed by atoms with Crippen LogP contribution in [0.3, 0.4) is 0 Å². The van der Waals surface area contributed by atoms with Gasteiger partial charge in [0.1, 0.15) is 6.04 Å². The van der Waals surface area contributed by atoms with Crippen LogP contribution in [0.5, 0.6) is 0 Å². The summed E-state index contributed by atoms with van der Waals surface area (Å²) in [6.07, 6.45) is -0.470. The van der Waals surface area contributed by atoms with Gasteiger partial charge in [0.15, 0.2) is 0 Å². The molecule has 0 fully saturated rings. The molecule has 2 atom stereocenters. The number of carboxylic acid groups (broad SMARTS) is 1. The molecule has 0 radical (unpaired) electrons. The fourth-order valence-electron chi connectivity index (χ4n) is 0.832. The molecule has 0 aromatic carbocycles. The molecule has 0 aliphatic heterocycles. The minimum Gasteiger partial charge on any atom is -0.480 e. The Balaban J connectivity index is 0. The topological polar surface area (TPSA) is 72.5 Å². The zero-order chi connectivity index (χ0) is 13.5. The van der Waals surface area contributed by atoms with Crippen molar-refractivity contribution >= 4 is 14.8 Å². The van der Waals surface area contributed by atoms with E-state index in [-0.39, 0.29) is 14.4 Å². The molecule has 98 valence electrons. The highest BCUT2D eigenvalue weighted by Crippen LogP contribution is 2.11. The molecule has 0 aromatic heterocycles. The molecule has 0 bridgehead atoms. The number of hydrogen-bond acceptors (Lipinski definition) is 3. The Morgan fingerprint density at radius 3 is 1.81 bits per heavy atom. The van der Waals surface area contributed by atoms with Crippen LogP contribution in [0.1, 0.15) is 27.7 Å². The first-order chi connectivity index (χ1) is 6.97. The largest absolute Gasteiger partial charge is 0.480 e. The summed E-state index contributed by atoms with van der Waals surface area (Å²) in [6, 6.07) is -0.954. The Morgan fingerprint density at radius 2 is 1.62 bits per heavy atom. The van der Waals surface area contributed by atoms with E-state index in [0.29, 0.717) is 0 Å². The third kappa shape index (κ3) is 13.6. The van der Waals surface area contributed by atoms with Crippen molar-refractivity contribution in [3.63, 3.8) is 0 Å². The van der Waals surface area contributed by atoms with Gasteiger partial charge in [0.05, 0.1) is 11.7 Å². The van der Waals surface area contributed by atoms with Crippen LogP contribution < -0.4 is 5.73 Å². The molecule has 0 aliphatic carbocycles. The van der Waals surface area contributed by atoms with E-state index in [9.17, 15) is 4.79 Å². The van der Waals surface area contributed by atoms with Crippen molar-refractivity contribution in [2.45, 2.75) is 65.1 Å². The van der Waals surface area contributed by atoms with E-state index in [0.717, 1.165) is 0 Å². The molecular weight excluding hydrogens is 222 g/mol. The van der Waals surface area contributed by atoms with Crippen molar-refractivity contribution in [1.82, 2.24) is 0 Å². The Bertz CT molecular complexity index is 199. The fourth-order valence-corrected chi connectivity index (χ4v) is 0.832. The second-order valence-electron chi connectivity index (χ2n) is 5.53. The third-order valence-electron chi connectivity index (χ3n) is 1.33. The number of hydrogen-bond donors (Lipinski definition) is 2. The quantitative estimate of drug-likeness (QED) is 0.747. The molecule has 0 saturated heterocycles. The van der Waals surface area contributed by atoms with Crippen molar-refractivity contribution in [2.75, 3.05) is 0 Å². The minimum absolute atomic E-state index is 0.139. The number of carboxylic acids is 1. The number of rotatable bonds is 3. The van der Waals surface area contributed by atoms with E-state index in [1.807, 2.05) is 20.8 Å². The lowest BCUT2D eigenvalue weighted by molar-refractivity contribution is -0.145. The molecule has 3 N–H and O–H groups in total. The lowest BCUT2D eigenvalue weighted by atomic mass is 10.1. The molecule has 0 aromatic rings. The van der Waals surface area contributed by atoms with Gasteiger partial charge in [-0.15, -0.1) is 0 Å². The van der Waals surface area contributed by atoms with Gasteiger partial charge < -0.3 is 15.6 Å². The summed E-state index contributed by atoms with van der Waals surface area (Å²) < 4.78 is 5.35. The van der Waals surface area contributed by atoms with Gasteiger partial charge in [0.2, 0.25) is 0 Å². The number of aliphatic carboxylic acids is 1. The SMILES string of the molecule is CC(OC(C)(C)C)C(N)C(=O)O.C[SiH](C)C. The van der Waals surface area contributed by atoms with Crippen molar-refractivity contribution in [3.8, 4) is 0 Å². The smallest absolute Gasteiger partial charge is 0.323 e. The monoisotopic (exact) mass is 249 g/mol. The summed E-state index contributed by atoms with van der Waals surface area (Å²) in [7, 11) is -0.139. The van der Waals surface area contributed by atoms with Gasteiger partial charge in [-0.25, -0.2) is 0 Å². The predicted octanol–water partition coefficient (Wildman–Crippen LogP) is 1.70. The lowest BCUT2D eigenvalue weighted by Crippen LogP contribution is -2.44. The number of carbonyl (C=O) groups is 1. The summed E-state index contributed by atoms with van der Waals surface area (Å²) >= 11 is 0. The van der Waals surface area contributed by atoms with Gasteiger partial charge in [0.25, 0.3) is 0 Å². The van der Waals surface area contributed by atoms with Crippen LogP contribution in [0, 0.1) is 0 Å². The van der Waals surface area contributed by atoms with E-state index in [2.05, 4.69) is 19.6 Å². The van der Waals surface area contributed by atoms with E-state index in [4.69, 9.17) is 15.6 Å². The van der Waals surface area contributed by atoms with Crippen molar-refractivity contribution < 1.29 is 14.6 Å². The molecule has 0 aliphatic rings. The molecule has 16 heavy (non-hydrogen) atoms. The fraction of sp³-hybridized carbons (Fsp3) is 0.909. The average Bonchev–Trinajstić information content (AvgIpc) is 1.98. The van der Waals surface area contributed by atoms with E-state index in [1.165, 1.54) is 0 Å².